The number of hydrogen-bond donors (Lipinski definition) is 0. The Morgan fingerprint density at radius 2 is 1.69 bits per heavy atom. The lowest BCUT2D eigenvalue weighted by Gasteiger charge is -2.37. The molecular weight excluding hydrogens is 320 g/mol. The second kappa shape index (κ2) is 7.25. The van der Waals surface area contributed by atoms with Gasteiger partial charge in [-0.1, -0.05) is 31.9 Å². The SMILES string of the molecule is Cc1ccc(C)c(N2CCN(C(=O)C3CC3C3CCC(C)CC3)CC2)c1. The van der Waals surface area contributed by atoms with Gasteiger partial charge in [-0.15, -0.1) is 0 Å². The van der Waals surface area contributed by atoms with Crippen LogP contribution in [0.3, 0.4) is 0 Å². The van der Waals surface area contributed by atoms with E-state index in [1.807, 2.05) is 0 Å². The van der Waals surface area contributed by atoms with E-state index in [2.05, 4.69) is 48.8 Å². The van der Waals surface area contributed by atoms with Crippen molar-refractivity contribution >= 4 is 11.6 Å². The first-order valence-corrected chi connectivity index (χ1v) is 10.6. The fourth-order valence-electron chi connectivity index (χ4n) is 5.20. The molecule has 0 aromatic heterocycles. The van der Waals surface area contributed by atoms with Crippen molar-refractivity contribution in [3.8, 4) is 0 Å². The van der Waals surface area contributed by atoms with E-state index in [9.17, 15) is 4.79 Å². The summed E-state index contributed by atoms with van der Waals surface area (Å²) in [6.45, 7) is 10.4. The molecule has 3 nitrogen and oxygen atoms in total. The van der Waals surface area contributed by atoms with Crippen LogP contribution in [0.4, 0.5) is 5.69 Å². The quantitative estimate of drug-likeness (QED) is 0.802. The summed E-state index contributed by atoms with van der Waals surface area (Å²) in [6, 6.07) is 6.67. The molecular formula is C23H34N2O. The van der Waals surface area contributed by atoms with Gasteiger partial charge in [0.15, 0.2) is 0 Å². The van der Waals surface area contributed by atoms with Gasteiger partial charge in [-0.05, 0) is 68.1 Å². The second-order valence-corrected chi connectivity index (χ2v) is 9.13. The number of rotatable bonds is 3. The van der Waals surface area contributed by atoms with E-state index in [4.69, 9.17) is 0 Å². The number of anilines is 1. The Balaban J connectivity index is 1.30. The molecule has 3 fully saturated rings. The van der Waals surface area contributed by atoms with Gasteiger partial charge in [-0.2, -0.15) is 0 Å². The largest absolute Gasteiger partial charge is 0.368 e. The number of nitrogens with zero attached hydrogens (tertiary/aromatic N) is 2. The van der Waals surface area contributed by atoms with Gasteiger partial charge in [0.2, 0.25) is 5.91 Å². The van der Waals surface area contributed by atoms with Crippen LogP contribution >= 0.6 is 0 Å². The van der Waals surface area contributed by atoms with Crippen LogP contribution in [-0.2, 0) is 4.79 Å². The highest BCUT2D eigenvalue weighted by Gasteiger charge is 2.49. The third kappa shape index (κ3) is 3.63. The normalized spacial score (nSPS) is 31.8. The van der Waals surface area contributed by atoms with Crippen LogP contribution in [0.1, 0.15) is 50.2 Å². The topological polar surface area (TPSA) is 23.6 Å². The summed E-state index contributed by atoms with van der Waals surface area (Å²) in [5, 5.41) is 0. The number of aryl methyl sites for hydroxylation is 2. The number of amides is 1. The highest BCUT2D eigenvalue weighted by Crippen LogP contribution is 2.50. The smallest absolute Gasteiger partial charge is 0.226 e. The standard InChI is InChI=1S/C23H34N2O/c1-16-5-8-19(9-6-16)20-15-21(20)23(26)25-12-10-24(11-13-25)22-14-17(2)4-7-18(22)3/h4,7,14,16,19-21H,5-6,8-13,15H2,1-3H3. The molecule has 2 unspecified atom stereocenters. The third-order valence-corrected chi connectivity index (χ3v) is 7.12. The first-order chi connectivity index (χ1) is 12.5. The van der Waals surface area contributed by atoms with Gasteiger partial charge >= 0.3 is 0 Å². The first kappa shape index (κ1) is 17.9. The maximum Gasteiger partial charge on any atom is 0.226 e. The highest BCUT2D eigenvalue weighted by atomic mass is 16.2. The second-order valence-electron chi connectivity index (χ2n) is 9.13. The molecule has 0 bridgehead atoms. The number of benzene rings is 1. The van der Waals surface area contributed by atoms with Crippen LogP contribution in [0.2, 0.25) is 0 Å². The van der Waals surface area contributed by atoms with Crippen molar-refractivity contribution in [3.63, 3.8) is 0 Å². The maximum absolute atomic E-state index is 12.9. The van der Waals surface area contributed by atoms with Crippen molar-refractivity contribution < 1.29 is 4.79 Å². The van der Waals surface area contributed by atoms with Gasteiger partial charge in [0.25, 0.3) is 0 Å². The van der Waals surface area contributed by atoms with E-state index in [0.29, 0.717) is 17.7 Å². The van der Waals surface area contributed by atoms with Crippen LogP contribution < -0.4 is 4.90 Å². The zero-order chi connectivity index (χ0) is 18.3. The van der Waals surface area contributed by atoms with Gasteiger partial charge < -0.3 is 9.80 Å². The van der Waals surface area contributed by atoms with Crippen molar-refractivity contribution in [1.29, 1.82) is 0 Å². The molecule has 1 aromatic rings. The van der Waals surface area contributed by atoms with Crippen molar-refractivity contribution in [2.75, 3.05) is 31.1 Å². The van der Waals surface area contributed by atoms with E-state index in [1.165, 1.54) is 42.5 Å². The van der Waals surface area contributed by atoms with Gasteiger partial charge in [-0.25, -0.2) is 0 Å². The van der Waals surface area contributed by atoms with E-state index in [0.717, 1.165) is 44.4 Å². The van der Waals surface area contributed by atoms with Crippen LogP contribution in [-0.4, -0.2) is 37.0 Å². The average Bonchev–Trinajstić information content (AvgIpc) is 3.45. The minimum absolute atomic E-state index is 0.348. The Labute approximate surface area is 158 Å². The number of piperazine rings is 1. The van der Waals surface area contributed by atoms with Crippen LogP contribution in [0.5, 0.6) is 0 Å². The monoisotopic (exact) mass is 354 g/mol. The molecule has 3 aliphatic rings. The molecule has 1 aromatic carbocycles. The fraction of sp³-hybridized carbons (Fsp3) is 0.696. The predicted octanol–water partition coefficient (Wildman–Crippen LogP) is 4.41. The molecule has 0 radical (unpaired) electrons. The van der Waals surface area contributed by atoms with Crippen molar-refractivity contribution in [1.82, 2.24) is 4.90 Å². The van der Waals surface area contributed by atoms with Gasteiger partial charge in [0, 0.05) is 37.8 Å². The highest BCUT2D eigenvalue weighted by molar-refractivity contribution is 5.82. The molecule has 2 saturated carbocycles. The summed E-state index contributed by atoms with van der Waals surface area (Å²) in [6.07, 6.45) is 6.62. The summed E-state index contributed by atoms with van der Waals surface area (Å²) in [4.78, 5) is 17.6. The molecule has 1 heterocycles. The van der Waals surface area contributed by atoms with Gasteiger partial charge in [0.1, 0.15) is 0 Å². The minimum Gasteiger partial charge on any atom is -0.368 e. The zero-order valence-electron chi connectivity index (χ0n) is 16.7. The summed E-state index contributed by atoms with van der Waals surface area (Å²) in [5.41, 5.74) is 3.99. The molecule has 2 atom stereocenters. The minimum atomic E-state index is 0.348. The van der Waals surface area contributed by atoms with E-state index in [1.54, 1.807) is 0 Å². The van der Waals surface area contributed by atoms with Gasteiger partial charge in [-0.3, -0.25) is 4.79 Å². The Hall–Kier alpha value is -1.51. The molecule has 1 aliphatic heterocycles. The summed E-state index contributed by atoms with van der Waals surface area (Å²) < 4.78 is 0. The predicted molar refractivity (Wildman–Crippen MR) is 107 cm³/mol. The van der Waals surface area contributed by atoms with E-state index < -0.39 is 0 Å². The lowest BCUT2D eigenvalue weighted by molar-refractivity contribution is -0.133. The Morgan fingerprint density at radius 3 is 2.38 bits per heavy atom. The van der Waals surface area contributed by atoms with Crippen LogP contribution in [0, 0.1) is 37.5 Å². The van der Waals surface area contributed by atoms with Crippen molar-refractivity contribution in [3.05, 3.63) is 29.3 Å². The number of hydrogen-bond acceptors (Lipinski definition) is 2. The summed E-state index contributed by atoms with van der Waals surface area (Å²) >= 11 is 0. The molecule has 1 saturated heterocycles. The molecule has 142 valence electrons. The van der Waals surface area contributed by atoms with E-state index >= 15 is 0 Å². The number of carbonyl (C=O) groups excluding carboxylic acids is 1. The third-order valence-electron chi connectivity index (χ3n) is 7.12. The molecule has 2 aliphatic carbocycles. The molecule has 0 spiro atoms. The van der Waals surface area contributed by atoms with Crippen LogP contribution in [0.25, 0.3) is 0 Å². The molecule has 3 heteroatoms. The van der Waals surface area contributed by atoms with E-state index in [-0.39, 0.29) is 0 Å². The Morgan fingerprint density at radius 1 is 1.00 bits per heavy atom. The number of carbonyl (C=O) groups is 1. The molecule has 26 heavy (non-hydrogen) atoms. The van der Waals surface area contributed by atoms with Crippen LogP contribution in [0.15, 0.2) is 18.2 Å². The lowest BCUT2D eigenvalue weighted by atomic mass is 9.80. The van der Waals surface area contributed by atoms with Crippen molar-refractivity contribution in [2.24, 2.45) is 23.7 Å². The first-order valence-electron chi connectivity index (χ1n) is 10.6. The molecule has 0 N–H and O–H groups in total. The zero-order valence-corrected chi connectivity index (χ0v) is 16.7. The average molecular weight is 355 g/mol. The lowest BCUT2D eigenvalue weighted by Crippen LogP contribution is -2.49. The Bertz CT molecular complexity index is 654. The summed E-state index contributed by atoms with van der Waals surface area (Å²) in [5.74, 6) is 3.23. The summed E-state index contributed by atoms with van der Waals surface area (Å²) in [7, 11) is 0. The maximum atomic E-state index is 12.9. The Kier molecular flexibility index (Phi) is 4.98. The van der Waals surface area contributed by atoms with Crippen molar-refractivity contribution in [2.45, 2.75) is 52.9 Å². The molecule has 4 rings (SSSR count). The van der Waals surface area contributed by atoms with Gasteiger partial charge in [0.05, 0.1) is 0 Å². The molecule has 1 amide bonds. The fourth-order valence-corrected chi connectivity index (χ4v) is 5.20.